The molecule has 2 rings (SSSR count). The molecule has 6 heteroatoms. The van der Waals surface area contributed by atoms with Crippen molar-refractivity contribution < 1.29 is 17.9 Å². The average Bonchev–Trinajstić information content (AvgIpc) is 2.33. The molecule has 1 aromatic rings. The molecule has 1 aliphatic heterocycles. The third-order valence-electron chi connectivity index (χ3n) is 2.66. The third-order valence-corrected chi connectivity index (χ3v) is 2.66. The van der Waals surface area contributed by atoms with Crippen LogP contribution in [0.15, 0.2) is 24.3 Å². The molecule has 0 radical (unpaired) electrons. The number of alkyl halides is 3. The van der Waals surface area contributed by atoms with Crippen molar-refractivity contribution in [2.75, 3.05) is 25.0 Å². The van der Waals surface area contributed by atoms with E-state index in [-0.39, 0.29) is 12.6 Å². The van der Waals surface area contributed by atoms with Crippen molar-refractivity contribution in [2.45, 2.75) is 18.7 Å². The first-order chi connectivity index (χ1) is 8.54. The van der Waals surface area contributed by atoms with Gasteiger partial charge in [-0.3, -0.25) is 0 Å². The third kappa shape index (κ3) is 3.80. The second kappa shape index (κ2) is 5.48. The van der Waals surface area contributed by atoms with E-state index in [9.17, 15) is 13.2 Å². The van der Waals surface area contributed by atoms with Gasteiger partial charge in [-0.25, -0.2) is 0 Å². The Balaban J connectivity index is 1.73. The van der Waals surface area contributed by atoms with E-state index in [1.165, 1.54) is 0 Å². The van der Waals surface area contributed by atoms with Gasteiger partial charge in [-0.2, -0.15) is 13.2 Å². The maximum atomic E-state index is 11.9. The molecule has 100 valence electrons. The largest absolute Gasteiger partial charge is 0.485 e. The van der Waals surface area contributed by atoms with Crippen LogP contribution in [0, 0.1) is 0 Å². The summed E-state index contributed by atoms with van der Waals surface area (Å²) in [5.74, 6) is 0.742. The highest BCUT2D eigenvalue weighted by Crippen LogP contribution is 2.27. The van der Waals surface area contributed by atoms with Gasteiger partial charge in [0.2, 0.25) is 0 Å². The lowest BCUT2D eigenvalue weighted by atomic mass is 10.2. The molecule has 0 bridgehead atoms. The molecule has 1 unspecified atom stereocenters. The van der Waals surface area contributed by atoms with Gasteiger partial charge in [0.1, 0.15) is 11.9 Å². The molecule has 2 N–H and O–H groups in total. The molecular weight excluding hydrogens is 245 g/mol. The number of benzene rings is 1. The number of ether oxygens (including phenoxy) is 1. The van der Waals surface area contributed by atoms with E-state index >= 15 is 0 Å². The van der Waals surface area contributed by atoms with Crippen molar-refractivity contribution in [2.24, 2.45) is 0 Å². The van der Waals surface area contributed by atoms with E-state index in [0.717, 1.165) is 11.4 Å². The lowest BCUT2D eigenvalue weighted by molar-refractivity contribution is -0.133. The fourth-order valence-corrected chi connectivity index (χ4v) is 1.77. The van der Waals surface area contributed by atoms with Crippen LogP contribution in [-0.4, -0.2) is 31.9 Å². The summed E-state index contributed by atoms with van der Waals surface area (Å²) >= 11 is 0. The van der Waals surface area contributed by atoms with Crippen LogP contribution < -0.4 is 15.4 Å². The predicted molar refractivity (Wildman–Crippen MR) is 62.9 cm³/mol. The number of hydrogen-bond donors (Lipinski definition) is 2. The van der Waals surface area contributed by atoms with E-state index in [4.69, 9.17) is 4.74 Å². The molecule has 1 aromatic carbocycles. The number of fused-ring (bicyclic) bond motifs is 1. The molecule has 0 saturated carbocycles. The van der Waals surface area contributed by atoms with Crippen molar-refractivity contribution in [1.82, 2.24) is 5.32 Å². The van der Waals surface area contributed by atoms with Crippen molar-refractivity contribution in [1.29, 1.82) is 0 Å². The van der Waals surface area contributed by atoms with E-state index in [1.807, 2.05) is 24.3 Å². The molecule has 0 amide bonds. The highest BCUT2D eigenvalue weighted by Gasteiger charge is 2.26. The summed E-state index contributed by atoms with van der Waals surface area (Å²) in [6.45, 7) is 0.915. The Bertz CT molecular complexity index is 395. The van der Waals surface area contributed by atoms with E-state index < -0.39 is 12.6 Å². The van der Waals surface area contributed by atoms with Gasteiger partial charge in [-0.05, 0) is 12.1 Å². The van der Waals surface area contributed by atoms with Crippen molar-refractivity contribution in [3.63, 3.8) is 0 Å². The lowest BCUT2D eigenvalue weighted by Gasteiger charge is -2.27. The van der Waals surface area contributed by atoms with Crippen LogP contribution in [-0.2, 0) is 0 Å². The molecule has 0 saturated heterocycles. The Kier molecular flexibility index (Phi) is 3.96. The molecule has 1 aliphatic rings. The van der Waals surface area contributed by atoms with E-state index in [1.54, 1.807) is 0 Å². The summed E-state index contributed by atoms with van der Waals surface area (Å²) in [5.41, 5.74) is 0.920. The average molecular weight is 260 g/mol. The second-order valence-corrected chi connectivity index (χ2v) is 4.19. The molecule has 0 aliphatic carbocycles. The smallest absolute Gasteiger partial charge is 0.390 e. The quantitative estimate of drug-likeness (QED) is 0.816. The summed E-state index contributed by atoms with van der Waals surface area (Å²) in [6.07, 6.45) is -5.07. The first-order valence-corrected chi connectivity index (χ1v) is 5.81. The monoisotopic (exact) mass is 260 g/mol. The number of anilines is 1. The Morgan fingerprint density at radius 3 is 2.89 bits per heavy atom. The Morgan fingerprint density at radius 1 is 1.33 bits per heavy atom. The van der Waals surface area contributed by atoms with Crippen LogP contribution in [0.1, 0.15) is 6.42 Å². The lowest BCUT2D eigenvalue weighted by Crippen LogP contribution is -2.40. The molecule has 0 aromatic heterocycles. The van der Waals surface area contributed by atoms with E-state index in [0.29, 0.717) is 13.1 Å². The zero-order chi connectivity index (χ0) is 13.0. The number of para-hydroxylation sites is 2. The highest BCUT2D eigenvalue weighted by atomic mass is 19.4. The zero-order valence-electron chi connectivity index (χ0n) is 9.76. The van der Waals surface area contributed by atoms with Crippen LogP contribution in [0.25, 0.3) is 0 Å². The van der Waals surface area contributed by atoms with Gasteiger partial charge in [0.25, 0.3) is 0 Å². The van der Waals surface area contributed by atoms with Crippen molar-refractivity contribution >= 4 is 5.69 Å². The molecule has 3 nitrogen and oxygen atoms in total. The Hall–Kier alpha value is -1.43. The summed E-state index contributed by atoms with van der Waals surface area (Å²) in [6, 6.07) is 7.50. The second-order valence-electron chi connectivity index (χ2n) is 4.19. The van der Waals surface area contributed by atoms with E-state index in [2.05, 4.69) is 10.6 Å². The van der Waals surface area contributed by atoms with Gasteiger partial charge in [-0.1, -0.05) is 12.1 Å². The van der Waals surface area contributed by atoms with Gasteiger partial charge in [0.05, 0.1) is 18.7 Å². The topological polar surface area (TPSA) is 33.3 Å². The van der Waals surface area contributed by atoms with Crippen LogP contribution >= 0.6 is 0 Å². The van der Waals surface area contributed by atoms with Crippen molar-refractivity contribution in [3.8, 4) is 5.75 Å². The maximum absolute atomic E-state index is 11.9. The first kappa shape index (κ1) is 13.0. The first-order valence-electron chi connectivity index (χ1n) is 5.81. The molecule has 1 atom stereocenters. The summed E-state index contributed by atoms with van der Waals surface area (Å²) in [7, 11) is 0. The summed E-state index contributed by atoms with van der Waals surface area (Å²) in [4.78, 5) is 0. The fraction of sp³-hybridized carbons (Fsp3) is 0.500. The van der Waals surface area contributed by atoms with Gasteiger partial charge in [-0.15, -0.1) is 0 Å². The molecule has 0 fully saturated rings. The van der Waals surface area contributed by atoms with Gasteiger partial charge in [0.15, 0.2) is 0 Å². The molecular formula is C12H15F3N2O. The van der Waals surface area contributed by atoms with Crippen LogP contribution in [0.3, 0.4) is 0 Å². The minimum atomic E-state index is -4.11. The summed E-state index contributed by atoms with van der Waals surface area (Å²) < 4.78 is 41.5. The van der Waals surface area contributed by atoms with Crippen LogP contribution in [0.5, 0.6) is 5.75 Å². The maximum Gasteiger partial charge on any atom is 0.390 e. The molecule has 18 heavy (non-hydrogen) atoms. The predicted octanol–water partition coefficient (Wildman–Crippen LogP) is 2.40. The molecule has 1 heterocycles. The van der Waals surface area contributed by atoms with Gasteiger partial charge < -0.3 is 15.4 Å². The highest BCUT2D eigenvalue weighted by molar-refractivity contribution is 5.57. The zero-order valence-corrected chi connectivity index (χ0v) is 9.76. The molecule has 0 spiro atoms. The number of halogens is 3. The van der Waals surface area contributed by atoms with Gasteiger partial charge in [0, 0.05) is 13.1 Å². The summed E-state index contributed by atoms with van der Waals surface area (Å²) in [5, 5.41) is 5.94. The number of hydrogen-bond acceptors (Lipinski definition) is 3. The SMILES string of the molecule is FC(F)(F)CCNCC1CNc2ccccc2O1. The normalized spacial score (nSPS) is 18.7. The fourth-order valence-electron chi connectivity index (χ4n) is 1.77. The Labute approximate surface area is 103 Å². The van der Waals surface area contributed by atoms with Crippen LogP contribution in [0.4, 0.5) is 18.9 Å². The van der Waals surface area contributed by atoms with Gasteiger partial charge >= 0.3 is 6.18 Å². The minimum Gasteiger partial charge on any atom is -0.485 e. The Morgan fingerprint density at radius 2 is 2.11 bits per heavy atom. The van der Waals surface area contributed by atoms with Crippen molar-refractivity contribution in [3.05, 3.63) is 24.3 Å². The standard InChI is InChI=1S/C12H15F3N2O/c13-12(14,15)5-6-16-7-9-8-17-10-3-1-2-4-11(10)18-9/h1-4,9,16-17H,5-8H2. The minimum absolute atomic E-state index is 0.0784. The van der Waals surface area contributed by atoms with Crippen LogP contribution in [0.2, 0.25) is 0 Å². The number of nitrogens with one attached hydrogen (secondary N) is 2. The number of rotatable bonds is 4.